The van der Waals surface area contributed by atoms with E-state index in [1.165, 1.54) is 0 Å². The Balaban J connectivity index is 1.39. The van der Waals surface area contributed by atoms with E-state index >= 15 is 0 Å². The Hall–Kier alpha value is -3.21. The SMILES string of the molecule is COc1cccc(OCCNC(=O)COc2ccc3ccccc3c2)c1. The first kappa shape index (κ1) is 17.6. The van der Waals surface area contributed by atoms with Crippen LogP contribution in [0.25, 0.3) is 10.8 Å². The molecule has 1 N–H and O–H groups in total. The number of rotatable bonds is 8. The van der Waals surface area contributed by atoms with E-state index in [-0.39, 0.29) is 12.5 Å². The summed E-state index contributed by atoms with van der Waals surface area (Å²) in [5, 5.41) is 4.99. The maximum atomic E-state index is 11.9. The van der Waals surface area contributed by atoms with Crippen LogP contribution in [-0.4, -0.2) is 32.8 Å². The molecule has 0 spiro atoms. The maximum absolute atomic E-state index is 11.9. The highest BCUT2D eigenvalue weighted by molar-refractivity contribution is 5.84. The lowest BCUT2D eigenvalue weighted by Crippen LogP contribution is -2.32. The van der Waals surface area contributed by atoms with Crippen molar-refractivity contribution >= 4 is 16.7 Å². The molecule has 1 amide bonds. The largest absolute Gasteiger partial charge is 0.497 e. The van der Waals surface area contributed by atoms with Gasteiger partial charge in [-0.1, -0.05) is 36.4 Å². The molecule has 0 atom stereocenters. The van der Waals surface area contributed by atoms with Gasteiger partial charge in [-0.25, -0.2) is 0 Å². The third kappa shape index (κ3) is 4.89. The van der Waals surface area contributed by atoms with Crippen molar-refractivity contribution < 1.29 is 19.0 Å². The Labute approximate surface area is 152 Å². The van der Waals surface area contributed by atoms with Crippen molar-refractivity contribution in [3.63, 3.8) is 0 Å². The van der Waals surface area contributed by atoms with Gasteiger partial charge >= 0.3 is 0 Å². The minimum absolute atomic E-state index is 0.0303. The molecule has 0 aliphatic rings. The molecule has 0 saturated heterocycles. The Morgan fingerprint density at radius 1 is 0.846 bits per heavy atom. The van der Waals surface area contributed by atoms with E-state index in [1.807, 2.05) is 60.7 Å². The van der Waals surface area contributed by atoms with Crippen molar-refractivity contribution in [2.75, 3.05) is 26.9 Å². The number of amides is 1. The van der Waals surface area contributed by atoms with Gasteiger partial charge in [0.2, 0.25) is 0 Å². The van der Waals surface area contributed by atoms with Gasteiger partial charge < -0.3 is 19.5 Å². The normalized spacial score (nSPS) is 10.3. The molecule has 0 radical (unpaired) electrons. The molecule has 0 bridgehead atoms. The quantitative estimate of drug-likeness (QED) is 0.632. The highest BCUT2D eigenvalue weighted by Gasteiger charge is 2.04. The maximum Gasteiger partial charge on any atom is 0.258 e. The number of methoxy groups -OCH3 is 1. The molecular weight excluding hydrogens is 330 g/mol. The smallest absolute Gasteiger partial charge is 0.258 e. The monoisotopic (exact) mass is 351 g/mol. The van der Waals surface area contributed by atoms with Crippen LogP contribution in [0.1, 0.15) is 0 Å². The lowest BCUT2D eigenvalue weighted by atomic mass is 10.1. The fourth-order valence-electron chi connectivity index (χ4n) is 2.51. The Morgan fingerprint density at radius 2 is 1.62 bits per heavy atom. The molecule has 3 aromatic carbocycles. The lowest BCUT2D eigenvalue weighted by molar-refractivity contribution is -0.123. The average Bonchev–Trinajstić information content (AvgIpc) is 2.69. The molecule has 5 nitrogen and oxygen atoms in total. The summed E-state index contributed by atoms with van der Waals surface area (Å²) in [6, 6.07) is 21.1. The van der Waals surface area contributed by atoms with E-state index in [4.69, 9.17) is 14.2 Å². The van der Waals surface area contributed by atoms with E-state index in [0.717, 1.165) is 16.5 Å². The summed E-state index contributed by atoms with van der Waals surface area (Å²) >= 11 is 0. The number of carbonyl (C=O) groups is 1. The summed E-state index contributed by atoms with van der Waals surface area (Å²) in [6.07, 6.45) is 0. The van der Waals surface area contributed by atoms with Crippen LogP contribution >= 0.6 is 0 Å². The number of hydrogen-bond donors (Lipinski definition) is 1. The second-order valence-electron chi connectivity index (χ2n) is 5.68. The Kier molecular flexibility index (Phi) is 5.93. The first-order valence-electron chi connectivity index (χ1n) is 8.40. The molecule has 3 rings (SSSR count). The second-order valence-corrected chi connectivity index (χ2v) is 5.68. The fourth-order valence-corrected chi connectivity index (χ4v) is 2.51. The molecule has 134 valence electrons. The summed E-state index contributed by atoms with van der Waals surface area (Å²) < 4.78 is 16.3. The predicted molar refractivity (Wildman–Crippen MR) is 101 cm³/mol. The third-order valence-corrected chi connectivity index (χ3v) is 3.83. The molecule has 3 aromatic rings. The van der Waals surface area contributed by atoms with Crippen molar-refractivity contribution in [2.45, 2.75) is 0 Å². The first-order valence-corrected chi connectivity index (χ1v) is 8.40. The molecular formula is C21H21NO4. The summed E-state index contributed by atoms with van der Waals surface area (Å²) in [5.74, 6) is 1.92. The zero-order chi connectivity index (χ0) is 18.2. The number of carbonyl (C=O) groups excluding carboxylic acids is 1. The number of hydrogen-bond acceptors (Lipinski definition) is 4. The van der Waals surface area contributed by atoms with E-state index in [0.29, 0.717) is 24.7 Å². The van der Waals surface area contributed by atoms with Crippen molar-refractivity contribution in [2.24, 2.45) is 0 Å². The molecule has 0 fully saturated rings. The summed E-state index contributed by atoms with van der Waals surface area (Å²) in [5.41, 5.74) is 0. The van der Waals surface area contributed by atoms with Gasteiger partial charge in [0.15, 0.2) is 6.61 Å². The lowest BCUT2D eigenvalue weighted by Gasteiger charge is -2.10. The molecule has 0 aromatic heterocycles. The number of benzene rings is 3. The molecule has 26 heavy (non-hydrogen) atoms. The molecule has 0 aliphatic heterocycles. The fraction of sp³-hybridized carbons (Fsp3) is 0.190. The van der Waals surface area contributed by atoms with E-state index in [1.54, 1.807) is 13.2 Å². The van der Waals surface area contributed by atoms with Crippen molar-refractivity contribution in [1.29, 1.82) is 0 Å². The summed E-state index contributed by atoms with van der Waals surface area (Å²) in [4.78, 5) is 11.9. The third-order valence-electron chi connectivity index (χ3n) is 3.83. The van der Waals surface area contributed by atoms with Gasteiger partial charge in [-0.3, -0.25) is 4.79 Å². The van der Waals surface area contributed by atoms with Crippen LogP contribution in [0, 0.1) is 0 Å². The van der Waals surface area contributed by atoms with Crippen molar-refractivity contribution in [3.05, 3.63) is 66.7 Å². The van der Waals surface area contributed by atoms with Crippen LogP contribution in [0.3, 0.4) is 0 Å². The predicted octanol–water partition coefficient (Wildman–Crippen LogP) is 3.42. The van der Waals surface area contributed by atoms with Crippen LogP contribution in [0.2, 0.25) is 0 Å². The number of ether oxygens (including phenoxy) is 3. The van der Waals surface area contributed by atoms with Crippen molar-refractivity contribution in [3.8, 4) is 17.2 Å². The minimum Gasteiger partial charge on any atom is -0.497 e. The topological polar surface area (TPSA) is 56.8 Å². The first-order chi connectivity index (χ1) is 12.7. The van der Waals surface area contributed by atoms with Gasteiger partial charge in [0.25, 0.3) is 5.91 Å². The van der Waals surface area contributed by atoms with Crippen LogP contribution in [-0.2, 0) is 4.79 Å². The standard InChI is InChI=1S/C21H21NO4/c1-24-18-7-4-8-19(14-18)25-12-11-22-21(23)15-26-20-10-9-16-5-2-3-6-17(16)13-20/h2-10,13-14H,11-12,15H2,1H3,(H,22,23). The molecule has 0 saturated carbocycles. The minimum atomic E-state index is -0.188. The molecule has 0 heterocycles. The molecule has 5 heteroatoms. The summed E-state index contributed by atoms with van der Waals surface area (Å²) in [7, 11) is 1.61. The zero-order valence-corrected chi connectivity index (χ0v) is 14.6. The summed E-state index contributed by atoms with van der Waals surface area (Å²) in [6.45, 7) is 0.740. The van der Waals surface area contributed by atoms with Crippen LogP contribution in [0.5, 0.6) is 17.2 Å². The number of fused-ring (bicyclic) bond motifs is 1. The van der Waals surface area contributed by atoms with Gasteiger partial charge in [-0.2, -0.15) is 0 Å². The average molecular weight is 351 g/mol. The Morgan fingerprint density at radius 3 is 2.46 bits per heavy atom. The van der Waals surface area contributed by atoms with E-state index in [9.17, 15) is 4.79 Å². The van der Waals surface area contributed by atoms with Gasteiger partial charge in [-0.15, -0.1) is 0 Å². The van der Waals surface area contributed by atoms with Gasteiger partial charge in [0.05, 0.1) is 13.7 Å². The van der Waals surface area contributed by atoms with Gasteiger partial charge in [0, 0.05) is 6.07 Å². The van der Waals surface area contributed by atoms with E-state index in [2.05, 4.69) is 5.32 Å². The second kappa shape index (κ2) is 8.76. The highest BCUT2D eigenvalue weighted by Crippen LogP contribution is 2.20. The van der Waals surface area contributed by atoms with Crippen molar-refractivity contribution in [1.82, 2.24) is 5.32 Å². The zero-order valence-electron chi connectivity index (χ0n) is 14.6. The van der Waals surface area contributed by atoms with Crippen LogP contribution in [0.15, 0.2) is 66.7 Å². The van der Waals surface area contributed by atoms with Gasteiger partial charge in [-0.05, 0) is 35.0 Å². The molecule has 0 aliphatic carbocycles. The molecule has 0 unspecified atom stereocenters. The number of nitrogens with one attached hydrogen (secondary N) is 1. The van der Waals surface area contributed by atoms with Crippen LogP contribution < -0.4 is 19.5 Å². The van der Waals surface area contributed by atoms with E-state index < -0.39 is 0 Å². The Bertz CT molecular complexity index is 879. The van der Waals surface area contributed by atoms with Crippen LogP contribution in [0.4, 0.5) is 0 Å². The van der Waals surface area contributed by atoms with Gasteiger partial charge in [0.1, 0.15) is 23.9 Å². The highest BCUT2D eigenvalue weighted by atomic mass is 16.5.